The molecule has 0 aliphatic rings. The van der Waals surface area contributed by atoms with E-state index in [0.717, 1.165) is 0 Å². The molecule has 0 unspecified atom stereocenters. The zero-order valence-corrected chi connectivity index (χ0v) is 7.68. The van der Waals surface area contributed by atoms with Crippen LogP contribution < -0.4 is 0 Å². The summed E-state index contributed by atoms with van der Waals surface area (Å²) in [5.41, 5.74) is -5.20. The number of ether oxygens (including phenoxy) is 1. The van der Waals surface area contributed by atoms with E-state index in [2.05, 4.69) is 4.74 Å². The minimum absolute atomic E-state index is 0.0776. The van der Waals surface area contributed by atoms with Gasteiger partial charge in [-0.3, -0.25) is 0 Å². The van der Waals surface area contributed by atoms with E-state index in [9.17, 15) is 30.7 Å². The number of rotatable bonds is 4. The van der Waals surface area contributed by atoms with Crippen molar-refractivity contribution < 1.29 is 35.5 Å². The zero-order valence-electron chi connectivity index (χ0n) is 7.68. The molecule has 0 bridgehead atoms. The third-order valence-corrected chi connectivity index (χ3v) is 1.69. The predicted molar refractivity (Wildman–Crippen MR) is 37.1 cm³/mol. The van der Waals surface area contributed by atoms with E-state index in [1.54, 1.807) is 0 Å². The molecule has 1 nitrogen and oxygen atoms in total. The van der Waals surface area contributed by atoms with Crippen molar-refractivity contribution in [2.24, 2.45) is 0 Å². The molecule has 0 atom stereocenters. The quantitative estimate of drug-likeness (QED) is 0.543. The van der Waals surface area contributed by atoms with Gasteiger partial charge in [0.2, 0.25) is 0 Å². The molecule has 0 aliphatic carbocycles. The van der Waals surface area contributed by atoms with Crippen LogP contribution in [0.5, 0.6) is 0 Å². The van der Waals surface area contributed by atoms with Crippen LogP contribution >= 0.6 is 0 Å². The van der Waals surface area contributed by atoms with Gasteiger partial charge in [0.15, 0.2) is 0 Å². The number of alkyl halides is 7. The van der Waals surface area contributed by atoms with Gasteiger partial charge in [-0.2, -0.15) is 26.3 Å². The molecule has 0 saturated carbocycles. The molecule has 0 N–H and O–H groups in total. The Morgan fingerprint density at radius 1 is 0.867 bits per heavy atom. The summed E-state index contributed by atoms with van der Waals surface area (Å²) < 4.78 is 88.3. The minimum atomic E-state index is -5.98. The summed E-state index contributed by atoms with van der Waals surface area (Å²) in [6.07, 6.45) is -13.8. The maximum Gasteiger partial charge on any atom is 0.431 e. The van der Waals surface area contributed by atoms with Crippen LogP contribution in [0.3, 0.4) is 0 Å². The average Bonchev–Trinajstić information content (AvgIpc) is 2.00. The first-order chi connectivity index (χ1) is 6.56. The van der Waals surface area contributed by atoms with E-state index in [1.807, 2.05) is 0 Å². The molecule has 92 valence electrons. The van der Waals surface area contributed by atoms with Crippen LogP contribution in [-0.2, 0) is 4.74 Å². The topological polar surface area (TPSA) is 9.23 Å². The van der Waals surface area contributed by atoms with Crippen molar-refractivity contribution in [1.82, 2.24) is 0 Å². The Hall–Kier alpha value is -0.530. The molecule has 0 fully saturated rings. The Balaban J connectivity index is 4.74. The number of hydrogen-bond donors (Lipinski definition) is 0. The second-order valence-electron chi connectivity index (χ2n) is 2.74. The Kier molecular flexibility index (Phi) is 4.38. The summed E-state index contributed by atoms with van der Waals surface area (Å²) in [5, 5.41) is 0. The van der Waals surface area contributed by atoms with Crippen LogP contribution in [0.2, 0.25) is 0 Å². The lowest BCUT2D eigenvalue weighted by Crippen LogP contribution is -2.53. The Morgan fingerprint density at radius 3 is 1.53 bits per heavy atom. The molecule has 0 aromatic rings. The van der Waals surface area contributed by atoms with E-state index >= 15 is 0 Å². The highest BCUT2D eigenvalue weighted by Gasteiger charge is 2.71. The second kappa shape index (κ2) is 4.54. The third kappa shape index (κ3) is 3.22. The molecule has 0 aromatic heterocycles. The van der Waals surface area contributed by atoms with E-state index < -0.39 is 31.0 Å². The fraction of sp³-hybridized carbons (Fsp3) is 1.00. The summed E-state index contributed by atoms with van der Waals surface area (Å²) in [6.45, 7) is 0.360. The van der Waals surface area contributed by atoms with Crippen LogP contribution in [0, 0.1) is 0 Å². The summed E-state index contributed by atoms with van der Waals surface area (Å²) in [4.78, 5) is 0. The van der Waals surface area contributed by atoms with Gasteiger partial charge in [-0.25, -0.2) is 4.39 Å². The maximum absolute atomic E-state index is 12.8. The number of halogens is 7. The molecule has 0 aromatic carbocycles. The largest absolute Gasteiger partial charge is 0.431 e. The van der Waals surface area contributed by atoms with Crippen molar-refractivity contribution >= 4 is 0 Å². The summed E-state index contributed by atoms with van der Waals surface area (Å²) in [5.74, 6) is 0. The third-order valence-electron chi connectivity index (χ3n) is 1.69. The molecular weight excluding hydrogens is 233 g/mol. The molecule has 8 heteroatoms. The van der Waals surface area contributed by atoms with Crippen LogP contribution in [0.25, 0.3) is 0 Å². The lowest BCUT2D eigenvalue weighted by Gasteiger charge is -2.29. The van der Waals surface area contributed by atoms with Gasteiger partial charge in [0, 0.05) is 13.0 Å². The van der Waals surface area contributed by atoms with Crippen LogP contribution in [0.1, 0.15) is 13.3 Å². The van der Waals surface area contributed by atoms with Crippen molar-refractivity contribution in [3.63, 3.8) is 0 Å². The first-order valence-corrected chi connectivity index (χ1v) is 3.96. The van der Waals surface area contributed by atoms with Gasteiger partial charge in [0.25, 0.3) is 0 Å². The van der Waals surface area contributed by atoms with Crippen LogP contribution in [-0.4, -0.2) is 31.2 Å². The van der Waals surface area contributed by atoms with Gasteiger partial charge in [-0.15, -0.1) is 0 Å². The highest BCUT2D eigenvalue weighted by atomic mass is 19.4. The van der Waals surface area contributed by atoms with Crippen LogP contribution in [0.4, 0.5) is 30.7 Å². The van der Waals surface area contributed by atoms with Gasteiger partial charge in [0.05, 0.1) is 6.61 Å². The van der Waals surface area contributed by atoms with Gasteiger partial charge in [0.1, 0.15) is 0 Å². The van der Waals surface area contributed by atoms with E-state index in [-0.39, 0.29) is 6.61 Å². The van der Waals surface area contributed by atoms with Gasteiger partial charge in [-0.1, -0.05) is 0 Å². The molecule has 0 aliphatic heterocycles. The summed E-state index contributed by atoms with van der Waals surface area (Å²) >= 11 is 0. The van der Waals surface area contributed by atoms with Gasteiger partial charge >= 0.3 is 18.0 Å². The molecule has 0 radical (unpaired) electrons. The average molecular weight is 242 g/mol. The predicted octanol–water partition coefficient (Wildman–Crippen LogP) is 3.25. The standard InChI is InChI=1S/C7H9F7O/c1-2-15-4-3-5(8,6(9,10)11)7(12,13)14/h2-4H2,1H3. The highest BCUT2D eigenvalue weighted by Crippen LogP contribution is 2.48. The first kappa shape index (κ1) is 14.5. The maximum atomic E-state index is 12.8. The van der Waals surface area contributed by atoms with Crippen molar-refractivity contribution in [3.8, 4) is 0 Å². The van der Waals surface area contributed by atoms with Crippen molar-refractivity contribution in [3.05, 3.63) is 0 Å². The van der Waals surface area contributed by atoms with Gasteiger partial charge in [-0.05, 0) is 6.92 Å². The number of hydrogen-bond acceptors (Lipinski definition) is 1. The van der Waals surface area contributed by atoms with Gasteiger partial charge < -0.3 is 4.74 Å². The monoisotopic (exact) mass is 242 g/mol. The second-order valence-corrected chi connectivity index (χ2v) is 2.74. The molecular formula is C7H9F7O. The van der Waals surface area contributed by atoms with Crippen molar-refractivity contribution in [2.45, 2.75) is 31.4 Å². The summed E-state index contributed by atoms with van der Waals surface area (Å²) in [6, 6.07) is 0. The lowest BCUT2D eigenvalue weighted by molar-refractivity contribution is -0.345. The lowest BCUT2D eigenvalue weighted by atomic mass is 10.0. The molecule has 0 saturated heterocycles. The molecule has 0 spiro atoms. The SMILES string of the molecule is CCOCCC(F)(C(F)(F)F)C(F)(F)F. The fourth-order valence-electron chi connectivity index (χ4n) is 0.801. The van der Waals surface area contributed by atoms with Crippen molar-refractivity contribution in [1.29, 1.82) is 0 Å². The van der Waals surface area contributed by atoms with E-state index in [1.165, 1.54) is 6.92 Å². The molecule has 15 heavy (non-hydrogen) atoms. The van der Waals surface area contributed by atoms with Crippen molar-refractivity contribution in [2.75, 3.05) is 13.2 Å². The minimum Gasteiger partial charge on any atom is -0.382 e. The molecule has 0 rings (SSSR count). The highest BCUT2D eigenvalue weighted by molar-refractivity contribution is 4.94. The van der Waals surface area contributed by atoms with E-state index in [4.69, 9.17) is 0 Å². The Labute approximate surface area is 81.2 Å². The normalized spacial score (nSPS) is 14.4. The smallest absolute Gasteiger partial charge is 0.382 e. The van der Waals surface area contributed by atoms with E-state index in [0.29, 0.717) is 0 Å². The molecule has 0 amide bonds. The Morgan fingerprint density at radius 2 is 1.27 bits per heavy atom. The Bertz CT molecular complexity index is 180. The summed E-state index contributed by atoms with van der Waals surface area (Å²) in [7, 11) is 0. The van der Waals surface area contributed by atoms with Crippen LogP contribution in [0.15, 0.2) is 0 Å². The fourth-order valence-corrected chi connectivity index (χ4v) is 0.801. The zero-order chi connectivity index (χ0) is 12.3. The first-order valence-electron chi connectivity index (χ1n) is 3.96. The molecule has 0 heterocycles.